The molecule has 128 valence electrons. The zero-order valence-corrected chi connectivity index (χ0v) is 14.9. The molecule has 0 spiro atoms. The van der Waals surface area contributed by atoms with Gasteiger partial charge in [0.1, 0.15) is 0 Å². The Balaban J connectivity index is 1.50. The molecule has 1 aliphatic carbocycles. The van der Waals surface area contributed by atoms with Crippen molar-refractivity contribution >= 4 is 29.3 Å². The number of hydrogen-bond donors (Lipinski definition) is 1. The minimum Gasteiger partial charge on any atom is -0.355 e. The molecule has 0 radical (unpaired) electrons. The minimum atomic E-state index is 0.0243. The quantitative estimate of drug-likeness (QED) is 0.796. The molecule has 2 aromatic rings. The summed E-state index contributed by atoms with van der Waals surface area (Å²) in [6.07, 6.45) is 6.34. The van der Waals surface area contributed by atoms with Crippen LogP contribution in [0.1, 0.15) is 32.1 Å². The largest absolute Gasteiger partial charge is 0.355 e. The number of nitrogens with zero attached hydrogens (tertiary/aromatic N) is 4. The van der Waals surface area contributed by atoms with Crippen molar-refractivity contribution in [3.63, 3.8) is 0 Å². The molecule has 0 bridgehead atoms. The molecule has 3 rings (SSSR count). The van der Waals surface area contributed by atoms with Gasteiger partial charge in [0.15, 0.2) is 0 Å². The van der Waals surface area contributed by atoms with Crippen LogP contribution in [0.25, 0.3) is 5.69 Å². The zero-order valence-electron chi connectivity index (χ0n) is 13.3. The number of halogens is 1. The average Bonchev–Trinajstić information content (AvgIpc) is 3.08. The van der Waals surface area contributed by atoms with Crippen molar-refractivity contribution in [2.45, 2.75) is 37.3 Å². The fourth-order valence-electron chi connectivity index (χ4n) is 2.84. The number of amides is 1. The van der Waals surface area contributed by atoms with E-state index in [1.165, 1.54) is 43.9 Å². The number of thioether (sulfide) groups is 1. The van der Waals surface area contributed by atoms with Gasteiger partial charge in [0.2, 0.25) is 11.1 Å². The second kappa shape index (κ2) is 8.48. The molecule has 1 aliphatic rings. The second-order valence-corrected chi connectivity index (χ2v) is 7.33. The average molecular weight is 366 g/mol. The number of benzene rings is 1. The smallest absolute Gasteiger partial charge is 0.230 e. The Bertz CT molecular complexity index is 669. The summed E-state index contributed by atoms with van der Waals surface area (Å²) in [5.74, 6) is 0.962. The van der Waals surface area contributed by atoms with Crippen molar-refractivity contribution in [2.24, 2.45) is 5.92 Å². The van der Waals surface area contributed by atoms with E-state index in [0.717, 1.165) is 12.2 Å². The van der Waals surface area contributed by atoms with Crippen molar-refractivity contribution in [3.8, 4) is 5.69 Å². The number of carbonyl (C=O) groups is 1. The van der Waals surface area contributed by atoms with Crippen molar-refractivity contribution in [3.05, 3.63) is 29.3 Å². The maximum Gasteiger partial charge on any atom is 0.230 e. The van der Waals surface area contributed by atoms with E-state index in [0.29, 0.717) is 21.8 Å². The first-order valence-electron chi connectivity index (χ1n) is 8.16. The Labute approximate surface area is 150 Å². The number of hydrogen-bond acceptors (Lipinski definition) is 5. The lowest BCUT2D eigenvalue weighted by Crippen LogP contribution is -2.31. The first-order chi connectivity index (χ1) is 11.7. The fraction of sp³-hybridized carbons (Fsp3) is 0.500. The number of rotatable bonds is 6. The topological polar surface area (TPSA) is 72.7 Å². The van der Waals surface area contributed by atoms with E-state index >= 15 is 0 Å². The van der Waals surface area contributed by atoms with Crippen LogP contribution < -0.4 is 5.32 Å². The molecule has 0 saturated heterocycles. The van der Waals surface area contributed by atoms with Crippen LogP contribution in [-0.2, 0) is 4.79 Å². The molecule has 1 aromatic carbocycles. The number of aromatic nitrogens is 4. The van der Waals surface area contributed by atoms with Crippen LogP contribution in [0.4, 0.5) is 0 Å². The minimum absolute atomic E-state index is 0.0243. The Hall–Kier alpha value is -1.60. The molecule has 1 heterocycles. The fourth-order valence-corrected chi connectivity index (χ4v) is 3.69. The third-order valence-corrected chi connectivity index (χ3v) is 5.33. The van der Waals surface area contributed by atoms with Crippen molar-refractivity contribution < 1.29 is 4.79 Å². The molecule has 0 unspecified atom stereocenters. The van der Waals surface area contributed by atoms with Crippen LogP contribution in [0, 0.1) is 5.92 Å². The molecule has 1 N–H and O–H groups in total. The predicted octanol–water partition coefficient (Wildman–Crippen LogP) is 3.10. The molecule has 0 atom stereocenters. The lowest BCUT2D eigenvalue weighted by molar-refractivity contribution is -0.118. The normalized spacial score (nSPS) is 15.4. The van der Waals surface area contributed by atoms with Crippen LogP contribution in [-0.4, -0.2) is 38.4 Å². The highest BCUT2D eigenvalue weighted by molar-refractivity contribution is 7.99. The van der Waals surface area contributed by atoms with Crippen LogP contribution >= 0.6 is 23.4 Å². The van der Waals surface area contributed by atoms with Gasteiger partial charge in [-0.3, -0.25) is 4.79 Å². The van der Waals surface area contributed by atoms with Crippen molar-refractivity contribution in [2.75, 3.05) is 12.3 Å². The number of tetrazole rings is 1. The number of nitrogens with one attached hydrogen (secondary N) is 1. The van der Waals surface area contributed by atoms with Gasteiger partial charge < -0.3 is 5.32 Å². The van der Waals surface area contributed by atoms with Gasteiger partial charge in [0.05, 0.1) is 11.4 Å². The lowest BCUT2D eigenvalue weighted by Gasteiger charge is -2.21. The SMILES string of the molecule is O=C(CSc1nnnn1-c1ccc(Cl)cc1)NCC1CCCCC1. The Morgan fingerprint density at radius 1 is 1.25 bits per heavy atom. The monoisotopic (exact) mass is 365 g/mol. The maximum atomic E-state index is 12.0. The van der Waals surface area contributed by atoms with E-state index in [2.05, 4.69) is 20.8 Å². The van der Waals surface area contributed by atoms with Gasteiger partial charge in [-0.05, 0) is 53.5 Å². The van der Waals surface area contributed by atoms with E-state index in [9.17, 15) is 4.79 Å². The summed E-state index contributed by atoms with van der Waals surface area (Å²) in [4.78, 5) is 12.0. The molecule has 1 fully saturated rings. The molecule has 8 heteroatoms. The molecular weight excluding hydrogens is 346 g/mol. The summed E-state index contributed by atoms with van der Waals surface area (Å²) < 4.78 is 1.61. The summed E-state index contributed by atoms with van der Waals surface area (Å²) >= 11 is 7.22. The van der Waals surface area contributed by atoms with Crippen LogP contribution in [0.2, 0.25) is 5.02 Å². The first kappa shape index (κ1) is 17.2. The standard InChI is InChI=1S/C16H20ClN5OS/c17-13-6-8-14(9-7-13)22-16(19-20-21-22)24-11-15(23)18-10-12-4-2-1-3-5-12/h6-9,12H,1-5,10-11H2,(H,18,23). The summed E-state index contributed by atoms with van der Waals surface area (Å²) in [6, 6.07) is 7.24. The second-order valence-electron chi connectivity index (χ2n) is 5.95. The Morgan fingerprint density at radius 2 is 2.00 bits per heavy atom. The van der Waals surface area contributed by atoms with Crippen LogP contribution in [0.5, 0.6) is 0 Å². The van der Waals surface area contributed by atoms with Gasteiger partial charge in [-0.15, -0.1) is 5.10 Å². The van der Waals surface area contributed by atoms with E-state index in [-0.39, 0.29) is 5.91 Å². The summed E-state index contributed by atoms with van der Waals surface area (Å²) in [7, 11) is 0. The first-order valence-corrected chi connectivity index (χ1v) is 9.52. The number of carbonyl (C=O) groups excluding carboxylic acids is 1. The third-order valence-electron chi connectivity index (χ3n) is 4.16. The van der Waals surface area contributed by atoms with Gasteiger partial charge >= 0.3 is 0 Å². The highest BCUT2D eigenvalue weighted by Gasteiger charge is 2.15. The third kappa shape index (κ3) is 4.70. The van der Waals surface area contributed by atoms with Crippen molar-refractivity contribution in [1.29, 1.82) is 0 Å². The van der Waals surface area contributed by atoms with Crippen molar-refractivity contribution in [1.82, 2.24) is 25.5 Å². The molecule has 1 aromatic heterocycles. The summed E-state index contributed by atoms with van der Waals surface area (Å²) in [5, 5.41) is 15.9. The zero-order chi connectivity index (χ0) is 16.8. The van der Waals surface area contributed by atoms with Gasteiger partial charge in [-0.25, -0.2) is 0 Å². The molecule has 0 aliphatic heterocycles. The maximum absolute atomic E-state index is 12.0. The molecule has 1 amide bonds. The molecule has 6 nitrogen and oxygen atoms in total. The van der Waals surface area contributed by atoms with Gasteiger partial charge in [-0.1, -0.05) is 42.6 Å². The van der Waals surface area contributed by atoms with Gasteiger partial charge in [-0.2, -0.15) is 4.68 Å². The lowest BCUT2D eigenvalue weighted by atomic mass is 9.89. The summed E-state index contributed by atoms with van der Waals surface area (Å²) in [5.41, 5.74) is 0.814. The molecular formula is C16H20ClN5OS. The Kier molecular flexibility index (Phi) is 6.09. The predicted molar refractivity (Wildman–Crippen MR) is 94.5 cm³/mol. The van der Waals surface area contributed by atoms with E-state index in [1.807, 2.05) is 12.1 Å². The van der Waals surface area contributed by atoms with E-state index in [4.69, 9.17) is 11.6 Å². The highest BCUT2D eigenvalue weighted by atomic mass is 35.5. The van der Waals surface area contributed by atoms with Crippen LogP contribution in [0.15, 0.2) is 29.4 Å². The van der Waals surface area contributed by atoms with Crippen LogP contribution in [0.3, 0.4) is 0 Å². The van der Waals surface area contributed by atoms with E-state index < -0.39 is 0 Å². The Morgan fingerprint density at radius 3 is 2.75 bits per heavy atom. The summed E-state index contributed by atoms with van der Waals surface area (Å²) in [6.45, 7) is 0.779. The molecule has 24 heavy (non-hydrogen) atoms. The van der Waals surface area contributed by atoms with Gasteiger partial charge in [0, 0.05) is 11.6 Å². The van der Waals surface area contributed by atoms with Gasteiger partial charge in [0.25, 0.3) is 0 Å². The van der Waals surface area contributed by atoms with E-state index in [1.54, 1.807) is 16.8 Å². The highest BCUT2D eigenvalue weighted by Crippen LogP contribution is 2.23. The molecule has 1 saturated carbocycles.